The van der Waals surface area contributed by atoms with Gasteiger partial charge in [-0.25, -0.2) is 9.00 Å². The number of aliphatic carboxylic acids is 1. The lowest BCUT2D eigenvalue weighted by Crippen LogP contribution is -2.03. The molecule has 2 N–H and O–H groups in total. The first-order valence-electron chi connectivity index (χ1n) is 4.28. The predicted octanol–water partition coefficient (Wildman–Crippen LogP) is 1.29. The van der Waals surface area contributed by atoms with Crippen molar-refractivity contribution >= 4 is 22.6 Å². The fourth-order valence-corrected chi connectivity index (χ4v) is 2.32. The van der Waals surface area contributed by atoms with Gasteiger partial charge in [-0.2, -0.15) is 0 Å². The monoisotopic (exact) mass is 224 g/mol. The Labute approximate surface area is 88.5 Å². The van der Waals surface area contributed by atoms with Gasteiger partial charge in [0.2, 0.25) is 0 Å². The molecule has 1 aromatic carbocycles. The predicted molar refractivity (Wildman–Crippen MR) is 54.8 cm³/mol. The molecule has 1 atom stereocenters. The molecule has 0 aromatic heterocycles. The second-order valence-corrected chi connectivity index (χ2v) is 4.10. The first-order valence-corrected chi connectivity index (χ1v) is 5.38. The number of rotatable bonds is 2. The molecule has 4 nitrogen and oxygen atoms in total. The molecule has 0 fully saturated rings. The lowest BCUT2D eigenvalue weighted by Gasteiger charge is -2.06. The van der Waals surface area contributed by atoms with E-state index in [1.807, 2.05) is 0 Å². The summed E-state index contributed by atoms with van der Waals surface area (Å²) in [5.74, 6) is -1.06. The summed E-state index contributed by atoms with van der Waals surface area (Å²) < 4.78 is 20.1. The van der Waals surface area contributed by atoms with Crippen LogP contribution in [0.3, 0.4) is 0 Å². The van der Waals surface area contributed by atoms with Gasteiger partial charge in [0.1, 0.15) is 0 Å². The molecule has 0 spiro atoms. The molecule has 0 saturated carbocycles. The van der Waals surface area contributed by atoms with Crippen molar-refractivity contribution in [1.29, 1.82) is 0 Å². The quantitative estimate of drug-likeness (QED) is 0.742. The Morgan fingerprint density at radius 3 is 2.73 bits per heavy atom. The van der Waals surface area contributed by atoms with Crippen LogP contribution in [0.5, 0.6) is 0 Å². The summed E-state index contributed by atoms with van der Waals surface area (Å²) in [7, 11) is 0. The van der Waals surface area contributed by atoms with E-state index in [1.165, 1.54) is 6.07 Å². The van der Waals surface area contributed by atoms with E-state index in [9.17, 15) is 9.00 Å². The topological polar surface area (TPSA) is 74.6 Å². The fourth-order valence-electron chi connectivity index (χ4n) is 1.71. The maximum absolute atomic E-state index is 11.0. The number of fused-ring (bicyclic) bond motifs is 1. The highest BCUT2D eigenvalue weighted by Crippen LogP contribution is 2.32. The van der Waals surface area contributed by atoms with Crippen molar-refractivity contribution in [3.05, 3.63) is 35.4 Å². The normalized spacial score (nSPS) is 15.7. The molecule has 1 unspecified atom stereocenters. The lowest BCUT2D eigenvalue weighted by molar-refractivity contribution is -0.130. The molecule has 2 rings (SSSR count). The van der Waals surface area contributed by atoms with E-state index < -0.39 is 17.0 Å². The Kier molecular flexibility index (Phi) is 2.42. The fraction of sp³-hybridized carbons (Fsp3) is 0.100. The van der Waals surface area contributed by atoms with Crippen molar-refractivity contribution in [2.75, 3.05) is 0 Å². The Morgan fingerprint density at radius 1 is 1.40 bits per heavy atom. The van der Waals surface area contributed by atoms with Crippen LogP contribution in [0.4, 0.5) is 0 Å². The molecule has 0 saturated heterocycles. The van der Waals surface area contributed by atoms with E-state index in [2.05, 4.69) is 0 Å². The number of carbonyl (C=O) groups is 1. The van der Waals surface area contributed by atoms with Gasteiger partial charge >= 0.3 is 5.97 Å². The van der Waals surface area contributed by atoms with Gasteiger partial charge in [0.05, 0.1) is 10.5 Å². The highest BCUT2D eigenvalue weighted by Gasteiger charge is 2.24. The first-order chi connectivity index (χ1) is 7.11. The van der Waals surface area contributed by atoms with Gasteiger partial charge in [0.15, 0.2) is 11.1 Å². The van der Waals surface area contributed by atoms with Crippen LogP contribution in [-0.2, 0) is 22.3 Å². The maximum Gasteiger partial charge on any atom is 0.336 e. The molecular formula is C10H8O4S. The smallest absolute Gasteiger partial charge is 0.336 e. The molecule has 1 aliphatic rings. The molecular weight excluding hydrogens is 216 g/mol. The van der Waals surface area contributed by atoms with Crippen molar-refractivity contribution in [1.82, 2.24) is 0 Å². The lowest BCUT2D eigenvalue weighted by atomic mass is 10.1. The van der Waals surface area contributed by atoms with Gasteiger partial charge < -0.3 is 9.66 Å². The number of hydrogen-bond acceptors (Lipinski definition) is 2. The Hall–Kier alpha value is -1.46. The number of carboxylic acid groups (broad SMARTS) is 1. The minimum absolute atomic E-state index is 0.114. The van der Waals surface area contributed by atoms with Gasteiger partial charge in [-0.15, -0.1) is 0 Å². The van der Waals surface area contributed by atoms with E-state index in [1.54, 1.807) is 18.2 Å². The molecule has 0 bridgehead atoms. The van der Waals surface area contributed by atoms with Crippen LogP contribution in [-0.4, -0.2) is 19.8 Å². The van der Waals surface area contributed by atoms with Crippen molar-refractivity contribution in [2.24, 2.45) is 0 Å². The SMILES string of the molecule is O=C(O)C1=CCc2cccc(S(=O)O)c21. The van der Waals surface area contributed by atoms with Crippen LogP contribution in [0.25, 0.3) is 5.57 Å². The molecule has 1 aromatic rings. The molecule has 5 heteroatoms. The molecule has 0 amide bonds. The standard InChI is InChI=1S/C10H8O4S/c11-10(12)7-5-4-6-2-1-3-8(9(6)7)15(13)14/h1-3,5H,4H2,(H,11,12)(H,13,14). The minimum Gasteiger partial charge on any atom is -0.478 e. The molecule has 15 heavy (non-hydrogen) atoms. The summed E-state index contributed by atoms with van der Waals surface area (Å²) in [5, 5.41) is 8.92. The summed E-state index contributed by atoms with van der Waals surface area (Å²) in [6, 6.07) is 4.89. The van der Waals surface area contributed by atoms with Crippen LogP contribution in [0.2, 0.25) is 0 Å². The number of carboxylic acids is 1. The van der Waals surface area contributed by atoms with Gasteiger partial charge in [-0.1, -0.05) is 18.2 Å². The summed E-state index contributed by atoms with van der Waals surface area (Å²) in [5.41, 5.74) is 1.29. The largest absolute Gasteiger partial charge is 0.478 e. The van der Waals surface area contributed by atoms with Crippen molar-refractivity contribution in [3.63, 3.8) is 0 Å². The Bertz CT molecular complexity index is 490. The van der Waals surface area contributed by atoms with Gasteiger partial charge in [0, 0.05) is 5.56 Å². The molecule has 0 radical (unpaired) electrons. The van der Waals surface area contributed by atoms with Gasteiger partial charge in [-0.3, -0.25) is 0 Å². The van der Waals surface area contributed by atoms with Crippen LogP contribution in [0.15, 0.2) is 29.2 Å². The van der Waals surface area contributed by atoms with E-state index >= 15 is 0 Å². The number of benzene rings is 1. The highest BCUT2D eigenvalue weighted by atomic mass is 32.2. The van der Waals surface area contributed by atoms with Gasteiger partial charge in [0.25, 0.3) is 0 Å². The molecule has 1 aliphatic carbocycles. The minimum atomic E-state index is -2.15. The van der Waals surface area contributed by atoms with Crippen molar-refractivity contribution < 1.29 is 18.7 Å². The van der Waals surface area contributed by atoms with E-state index in [0.717, 1.165) is 5.56 Å². The van der Waals surface area contributed by atoms with Crippen LogP contribution in [0, 0.1) is 0 Å². The van der Waals surface area contributed by atoms with Gasteiger partial charge in [-0.05, 0) is 18.1 Å². The van der Waals surface area contributed by atoms with Crippen LogP contribution >= 0.6 is 0 Å². The van der Waals surface area contributed by atoms with Crippen molar-refractivity contribution in [2.45, 2.75) is 11.3 Å². The van der Waals surface area contributed by atoms with E-state index in [4.69, 9.17) is 9.66 Å². The highest BCUT2D eigenvalue weighted by molar-refractivity contribution is 7.79. The Balaban J connectivity index is 2.65. The zero-order chi connectivity index (χ0) is 11.0. The van der Waals surface area contributed by atoms with Crippen LogP contribution in [0.1, 0.15) is 11.1 Å². The first kappa shape index (κ1) is 10.1. The average molecular weight is 224 g/mol. The third-order valence-corrected chi connectivity index (χ3v) is 3.04. The second-order valence-electron chi connectivity index (χ2n) is 3.17. The zero-order valence-electron chi connectivity index (χ0n) is 7.64. The maximum atomic E-state index is 11.0. The summed E-state index contributed by atoms with van der Waals surface area (Å²) in [4.78, 5) is 11.1. The molecule has 0 aliphatic heterocycles. The second kappa shape index (κ2) is 3.60. The van der Waals surface area contributed by atoms with Crippen LogP contribution < -0.4 is 0 Å². The number of allylic oxidation sites excluding steroid dienone is 1. The third kappa shape index (κ3) is 1.60. The average Bonchev–Trinajstić information content (AvgIpc) is 2.60. The summed E-state index contributed by atoms with van der Waals surface area (Å²) in [6.45, 7) is 0. The van der Waals surface area contributed by atoms with E-state index in [0.29, 0.717) is 12.0 Å². The third-order valence-electron chi connectivity index (χ3n) is 2.33. The summed E-state index contributed by atoms with van der Waals surface area (Å²) >= 11 is -2.15. The molecule has 78 valence electrons. The summed E-state index contributed by atoms with van der Waals surface area (Å²) in [6.07, 6.45) is 2.06. The number of hydrogen-bond donors (Lipinski definition) is 2. The molecule has 0 heterocycles. The Morgan fingerprint density at radius 2 is 2.13 bits per heavy atom. The van der Waals surface area contributed by atoms with Crippen molar-refractivity contribution in [3.8, 4) is 0 Å². The van der Waals surface area contributed by atoms with E-state index in [-0.39, 0.29) is 10.5 Å². The zero-order valence-corrected chi connectivity index (χ0v) is 8.45.